The summed E-state index contributed by atoms with van der Waals surface area (Å²) in [4.78, 5) is 0. The lowest BCUT2D eigenvalue weighted by atomic mass is 10.1. The standard InChI is InChI=1S/C20H20N2O3/c1-24-20-8-3-2-7-18(20)22-19(12-15(13-23)21-22)14-5-4-6-17(11-14)25-16-9-10-16/h2-8,11-12,16,23H,9-10,13H2,1H3. The maximum atomic E-state index is 9.55. The molecule has 1 fully saturated rings. The fourth-order valence-corrected chi connectivity index (χ4v) is 2.81. The molecule has 1 heterocycles. The molecular weight excluding hydrogens is 316 g/mol. The van der Waals surface area contributed by atoms with E-state index in [2.05, 4.69) is 5.10 Å². The minimum absolute atomic E-state index is 0.118. The van der Waals surface area contributed by atoms with Gasteiger partial charge in [-0.15, -0.1) is 0 Å². The van der Waals surface area contributed by atoms with Crippen LogP contribution in [-0.2, 0) is 6.61 Å². The van der Waals surface area contributed by atoms with Gasteiger partial charge in [0, 0.05) is 5.56 Å². The van der Waals surface area contributed by atoms with E-state index in [-0.39, 0.29) is 6.61 Å². The third kappa shape index (κ3) is 3.23. The lowest BCUT2D eigenvalue weighted by Gasteiger charge is -2.12. The van der Waals surface area contributed by atoms with Crippen molar-refractivity contribution in [2.75, 3.05) is 7.11 Å². The number of aliphatic hydroxyl groups excluding tert-OH is 1. The van der Waals surface area contributed by atoms with Crippen molar-refractivity contribution in [2.24, 2.45) is 0 Å². The Labute approximate surface area is 146 Å². The molecule has 4 rings (SSSR count). The van der Waals surface area contributed by atoms with Crippen molar-refractivity contribution >= 4 is 0 Å². The fraction of sp³-hybridized carbons (Fsp3) is 0.250. The number of ether oxygens (including phenoxy) is 2. The number of aromatic nitrogens is 2. The zero-order valence-electron chi connectivity index (χ0n) is 14.1. The van der Waals surface area contributed by atoms with Gasteiger partial charge < -0.3 is 14.6 Å². The van der Waals surface area contributed by atoms with Crippen LogP contribution in [0.1, 0.15) is 18.5 Å². The quantitative estimate of drug-likeness (QED) is 0.747. The first kappa shape index (κ1) is 15.7. The van der Waals surface area contributed by atoms with E-state index in [0.717, 1.165) is 41.3 Å². The van der Waals surface area contributed by atoms with E-state index >= 15 is 0 Å². The number of rotatable bonds is 6. The normalized spacial score (nSPS) is 13.7. The van der Waals surface area contributed by atoms with Crippen molar-refractivity contribution in [3.63, 3.8) is 0 Å². The average Bonchev–Trinajstić information content (AvgIpc) is 3.36. The summed E-state index contributed by atoms with van der Waals surface area (Å²) in [6.07, 6.45) is 2.60. The Hall–Kier alpha value is -2.79. The highest BCUT2D eigenvalue weighted by atomic mass is 16.5. The van der Waals surface area contributed by atoms with Crippen molar-refractivity contribution in [3.8, 4) is 28.4 Å². The third-order valence-electron chi connectivity index (χ3n) is 4.19. The summed E-state index contributed by atoms with van der Waals surface area (Å²) in [7, 11) is 1.64. The second-order valence-electron chi connectivity index (χ2n) is 6.11. The van der Waals surface area contributed by atoms with Gasteiger partial charge in [-0.25, -0.2) is 4.68 Å². The van der Waals surface area contributed by atoms with E-state index in [0.29, 0.717) is 11.8 Å². The van der Waals surface area contributed by atoms with Gasteiger partial charge in [0.1, 0.15) is 17.2 Å². The lowest BCUT2D eigenvalue weighted by molar-refractivity contribution is 0.276. The van der Waals surface area contributed by atoms with Gasteiger partial charge in [-0.2, -0.15) is 5.10 Å². The number of benzene rings is 2. The van der Waals surface area contributed by atoms with Crippen molar-refractivity contribution in [3.05, 3.63) is 60.3 Å². The van der Waals surface area contributed by atoms with E-state index in [4.69, 9.17) is 9.47 Å². The van der Waals surface area contributed by atoms with Crippen LogP contribution in [0.2, 0.25) is 0 Å². The molecule has 0 spiro atoms. The van der Waals surface area contributed by atoms with Gasteiger partial charge >= 0.3 is 0 Å². The highest BCUT2D eigenvalue weighted by Gasteiger charge is 2.23. The zero-order chi connectivity index (χ0) is 17.2. The summed E-state index contributed by atoms with van der Waals surface area (Å²) in [5.74, 6) is 1.58. The topological polar surface area (TPSA) is 56.5 Å². The van der Waals surface area contributed by atoms with E-state index in [1.54, 1.807) is 11.8 Å². The van der Waals surface area contributed by atoms with Crippen LogP contribution in [0.25, 0.3) is 16.9 Å². The Kier molecular flexibility index (Phi) is 4.15. The molecular formula is C20H20N2O3. The van der Waals surface area contributed by atoms with Crippen LogP contribution in [0.5, 0.6) is 11.5 Å². The van der Waals surface area contributed by atoms with Gasteiger partial charge in [0.15, 0.2) is 0 Å². The van der Waals surface area contributed by atoms with Crippen molar-refractivity contribution in [1.82, 2.24) is 9.78 Å². The summed E-state index contributed by atoms with van der Waals surface area (Å²) >= 11 is 0. The molecule has 25 heavy (non-hydrogen) atoms. The molecule has 1 aliphatic rings. The molecule has 3 aromatic rings. The minimum atomic E-state index is -0.118. The van der Waals surface area contributed by atoms with E-state index < -0.39 is 0 Å². The summed E-state index contributed by atoms with van der Waals surface area (Å²) in [5.41, 5.74) is 3.30. The molecule has 0 radical (unpaired) electrons. The molecule has 1 N–H and O–H groups in total. The van der Waals surface area contributed by atoms with Crippen molar-refractivity contribution in [1.29, 1.82) is 0 Å². The van der Waals surface area contributed by atoms with E-state index in [1.807, 2.05) is 54.6 Å². The van der Waals surface area contributed by atoms with Crippen molar-refractivity contribution in [2.45, 2.75) is 25.6 Å². The molecule has 128 valence electrons. The SMILES string of the molecule is COc1ccccc1-n1nc(CO)cc1-c1cccc(OC2CC2)c1. The largest absolute Gasteiger partial charge is 0.494 e. The first-order chi connectivity index (χ1) is 12.3. The number of hydrogen-bond acceptors (Lipinski definition) is 4. The van der Waals surface area contributed by atoms with Gasteiger partial charge in [0.2, 0.25) is 0 Å². The molecule has 1 saturated carbocycles. The Bertz CT molecular complexity index is 884. The van der Waals surface area contributed by atoms with E-state index in [1.165, 1.54) is 0 Å². The third-order valence-corrected chi connectivity index (χ3v) is 4.19. The maximum Gasteiger partial charge on any atom is 0.144 e. The van der Waals surface area contributed by atoms with Crippen LogP contribution in [0.3, 0.4) is 0 Å². The molecule has 1 aromatic heterocycles. The van der Waals surface area contributed by atoms with Gasteiger partial charge in [-0.1, -0.05) is 24.3 Å². The monoisotopic (exact) mass is 336 g/mol. The summed E-state index contributed by atoms with van der Waals surface area (Å²) < 4.78 is 13.2. The first-order valence-corrected chi connectivity index (χ1v) is 8.39. The second-order valence-corrected chi connectivity index (χ2v) is 6.11. The first-order valence-electron chi connectivity index (χ1n) is 8.39. The molecule has 2 aromatic carbocycles. The van der Waals surface area contributed by atoms with Crippen molar-refractivity contribution < 1.29 is 14.6 Å². The lowest BCUT2D eigenvalue weighted by Crippen LogP contribution is -2.02. The van der Waals surface area contributed by atoms with Crippen LogP contribution >= 0.6 is 0 Å². The average molecular weight is 336 g/mol. The number of methoxy groups -OCH3 is 1. The van der Waals surface area contributed by atoms with Crippen LogP contribution in [0, 0.1) is 0 Å². The molecule has 0 bridgehead atoms. The molecule has 1 aliphatic carbocycles. The number of para-hydroxylation sites is 2. The van der Waals surface area contributed by atoms with Crippen LogP contribution in [0.15, 0.2) is 54.6 Å². The zero-order valence-corrected chi connectivity index (χ0v) is 14.1. The number of hydrogen-bond donors (Lipinski definition) is 1. The molecule has 5 heteroatoms. The maximum absolute atomic E-state index is 9.55. The highest BCUT2D eigenvalue weighted by Crippen LogP contribution is 2.32. The predicted octanol–water partition coefficient (Wildman–Crippen LogP) is 3.58. The molecule has 0 saturated heterocycles. The molecule has 0 unspecified atom stereocenters. The Morgan fingerprint density at radius 2 is 1.96 bits per heavy atom. The van der Waals surface area contributed by atoms with Crippen LogP contribution < -0.4 is 9.47 Å². The smallest absolute Gasteiger partial charge is 0.144 e. The Balaban J connectivity index is 1.80. The summed E-state index contributed by atoms with van der Waals surface area (Å²) in [5, 5.41) is 14.1. The molecule has 5 nitrogen and oxygen atoms in total. The Morgan fingerprint density at radius 1 is 1.12 bits per heavy atom. The predicted molar refractivity (Wildman–Crippen MR) is 95.1 cm³/mol. The molecule has 0 aliphatic heterocycles. The second kappa shape index (κ2) is 6.61. The van der Waals surface area contributed by atoms with Gasteiger partial charge in [0.05, 0.1) is 31.2 Å². The van der Waals surface area contributed by atoms with Gasteiger partial charge in [-0.3, -0.25) is 0 Å². The minimum Gasteiger partial charge on any atom is -0.494 e. The molecule has 0 amide bonds. The van der Waals surface area contributed by atoms with E-state index in [9.17, 15) is 5.11 Å². The van der Waals surface area contributed by atoms with Crippen LogP contribution in [0.4, 0.5) is 0 Å². The Morgan fingerprint density at radius 3 is 2.72 bits per heavy atom. The molecule has 0 atom stereocenters. The van der Waals surface area contributed by atoms with Gasteiger partial charge in [-0.05, 0) is 43.2 Å². The number of aliphatic hydroxyl groups is 1. The van der Waals surface area contributed by atoms with Gasteiger partial charge in [0.25, 0.3) is 0 Å². The summed E-state index contributed by atoms with van der Waals surface area (Å²) in [6.45, 7) is -0.118. The highest BCUT2D eigenvalue weighted by molar-refractivity contribution is 5.65. The fourth-order valence-electron chi connectivity index (χ4n) is 2.81. The van der Waals surface area contributed by atoms with Crippen LogP contribution in [-0.4, -0.2) is 28.1 Å². The number of nitrogens with zero attached hydrogens (tertiary/aromatic N) is 2. The summed E-state index contributed by atoms with van der Waals surface area (Å²) in [6, 6.07) is 17.6.